The Balaban J connectivity index is 1.54. The minimum absolute atomic E-state index is 0.0901. The van der Waals surface area contributed by atoms with Gasteiger partial charge in [0.15, 0.2) is 0 Å². The van der Waals surface area contributed by atoms with Gasteiger partial charge < -0.3 is 20.5 Å². The summed E-state index contributed by atoms with van der Waals surface area (Å²) in [6, 6.07) is 3.09. The molecule has 2 aliphatic heterocycles. The van der Waals surface area contributed by atoms with E-state index < -0.39 is 23.7 Å². The van der Waals surface area contributed by atoms with Gasteiger partial charge in [0.1, 0.15) is 25.0 Å². The lowest BCUT2D eigenvalue weighted by molar-refractivity contribution is -0.168. The fourth-order valence-electron chi connectivity index (χ4n) is 3.90. The number of aromatic nitrogens is 1. The van der Waals surface area contributed by atoms with Crippen LogP contribution in [-0.2, 0) is 19.2 Å². The number of hydrogen-bond donors (Lipinski definition) is 3. The van der Waals surface area contributed by atoms with Crippen LogP contribution in [0.15, 0.2) is 18.2 Å². The van der Waals surface area contributed by atoms with Crippen molar-refractivity contribution in [3.63, 3.8) is 0 Å². The Bertz CT molecular complexity index is 1250. The lowest BCUT2D eigenvalue weighted by Crippen LogP contribution is -2.44. The van der Waals surface area contributed by atoms with Crippen molar-refractivity contribution >= 4 is 41.0 Å². The van der Waals surface area contributed by atoms with Crippen LogP contribution in [0.5, 0.6) is 0 Å². The number of benzene rings is 1. The van der Waals surface area contributed by atoms with Crippen molar-refractivity contribution in [2.75, 3.05) is 32.6 Å². The normalized spacial score (nSPS) is 18.3. The van der Waals surface area contributed by atoms with Gasteiger partial charge in [0.05, 0.1) is 11.1 Å². The lowest BCUT2D eigenvalue weighted by Gasteiger charge is -2.17. The molecule has 1 fully saturated rings. The zero-order valence-corrected chi connectivity index (χ0v) is 19.1. The maximum absolute atomic E-state index is 13.7. The molecule has 1 saturated heterocycles. The van der Waals surface area contributed by atoms with E-state index in [1.54, 1.807) is 34.0 Å². The van der Waals surface area contributed by atoms with Gasteiger partial charge in [0, 0.05) is 36.7 Å². The molecule has 3 heterocycles. The number of nitrogens with zero attached hydrogens (tertiary/aromatic N) is 2. The number of carbonyl (C=O) groups is 4. The molecular weight excluding hydrogens is 445 g/mol. The first-order valence-electron chi connectivity index (χ1n) is 10.5. The molecule has 4 rings (SSSR count). The molecule has 2 aromatic rings. The molecule has 0 aliphatic carbocycles. The van der Waals surface area contributed by atoms with Crippen molar-refractivity contribution in [1.29, 1.82) is 0 Å². The fourth-order valence-corrected chi connectivity index (χ4v) is 3.90. The Hall–Kier alpha value is -3.99. The molecule has 4 amide bonds. The van der Waals surface area contributed by atoms with E-state index in [1.807, 2.05) is 0 Å². The van der Waals surface area contributed by atoms with Crippen LogP contribution in [0.2, 0.25) is 0 Å². The molecule has 34 heavy (non-hydrogen) atoms. The Kier molecular flexibility index (Phi) is 5.96. The van der Waals surface area contributed by atoms with Crippen LogP contribution in [0.4, 0.5) is 10.1 Å². The first-order valence-corrected chi connectivity index (χ1v) is 10.5. The maximum Gasteiger partial charge on any atom is 0.271 e. The monoisotopic (exact) mass is 469 g/mol. The largest absolute Gasteiger partial charge is 0.358 e. The van der Waals surface area contributed by atoms with Crippen molar-refractivity contribution in [2.45, 2.75) is 19.9 Å². The molecule has 0 spiro atoms. The summed E-state index contributed by atoms with van der Waals surface area (Å²) in [4.78, 5) is 59.5. The number of anilines is 1. The molecule has 1 atom stereocenters. The Morgan fingerprint density at radius 1 is 1.29 bits per heavy atom. The number of fused-ring (bicyclic) bond motifs is 1. The number of carbonyl (C=O) groups excluding carboxylic acids is 4. The fraction of sp³-hybridized carbons (Fsp3) is 0.304. The summed E-state index contributed by atoms with van der Waals surface area (Å²) < 4.78 is 13.7. The molecule has 11 heteroatoms. The number of aryl methyl sites for hydroxylation is 1. The summed E-state index contributed by atoms with van der Waals surface area (Å²) in [5.41, 5.74) is 3.14. The van der Waals surface area contributed by atoms with Crippen LogP contribution in [0.3, 0.4) is 0 Å². The van der Waals surface area contributed by atoms with Crippen molar-refractivity contribution in [3.05, 3.63) is 52.1 Å². The summed E-state index contributed by atoms with van der Waals surface area (Å²) >= 11 is 0. The van der Waals surface area contributed by atoms with Crippen LogP contribution in [0.1, 0.15) is 32.9 Å². The predicted octanol–water partition coefficient (Wildman–Crippen LogP) is 1.22. The standard InChI is InChI=1S/C23H24FN5O5/c1-11-17(8-15-14-7-13(24)5-6-16(14)26-21(15)31)25-12(2)20(11)22(32)27-18-10-34-29(23(18)33)9-19(30)28(3)4/h5-8,18,25H,9-10H2,1-4H3,(H,26,31)(H,27,32)/b15-8-/t18-/m1/s1. The highest BCUT2D eigenvalue weighted by Crippen LogP contribution is 2.34. The van der Waals surface area contributed by atoms with Crippen molar-refractivity contribution in [3.8, 4) is 0 Å². The molecule has 1 aromatic heterocycles. The minimum atomic E-state index is -0.937. The minimum Gasteiger partial charge on any atom is -0.358 e. The topological polar surface area (TPSA) is 124 Å². The lowest BCUT2D eigenvalue weighted by atomic mass is 10.0. The zero-order valence-electron chi connectivity index (χ0n) is 19.1. The number of amides is 4. The van der Waals surface area contributed by atoms with E-state index in [9.17, 15) is 23.6 Å². The third-order valence-corrected chi connectivity index (χ3v) is 5.78. The third kappa shape index (κ3) is 4.17. The summed E-state index contributed by atoms with van der Waals surface area (Å²) in [5.74, 6) is -2.17. The van der Waals surface area contributed by atoms with E-state index in [2.05, 4.69) is 15.6 Å². The van der Waals surface area contributed by atoms with Crippen molar-refractivity contribution in [1.82, 2.24) is 20.3 Å². The van der Waals surface area contributed by atoms with Gasteiger partial charge in [-0.15, -0.1) is 0 Å². The second kappa shape index (κ2) is 8.75. The van der Waals surface area contributed by atoms with E-state index in [4.69, 9.17) is 4.84 Å². The average Bonchev–Trinajstić information content (AvgIpc) is 3.36. The number of nitrogens with one attached hydrogen (secondary N) is 3. The van der Waals surface area contributed by atoms with E-state index in [-0.39, 0.29) is 30.5 Å². The number of H-pyrrole nitrogens is 1. The molecule has 1 aromatic carbocycles. The van der Waals surface area contributed by atoms with Crippen LogP contribution in [0.25, 0.3) is 11.6 Å². The average molecular weight is 469 g/mol. The number of rotatable bonds is 5. The van der Waals surface area contributed by atoms with Gasteiger partial charge in [-0.1, -0.05) is 0 Å². The number of hydroxylamine groups is 2. The van der Waals surface area contributed by atoms with Crippen LogP contribution in [0, 0.1) is 19.7 Å². The zero-order chi connectivity index (χ0) is 24.7. The van der Waals surface area contributed by atoms with Gasteiger partial charge in [-0.3, -0.25) is 24.0 Å². The van der Waals surface area contributed by atoms with Crippen LogP contribution >= 0.6 is 0 Å². The first kappa shape index (κ1) is 23.2. The Labute approximate surface area is 194 Å². The molecule has 2 aliphatic rings. The summed E-state index contributed by atoms with van der Waals surface area (Å²) in [7, 11) is 3.13. The van der Waals surface area contributed by atoms with E-state index in [0.29, 0.717) is 33.8 Å². The first-order chi connectivity index (χ1) is 16.1. The molecule has 0 bridgehead atoms. The summed E-state index contributed by atoms with van der Waals surface area (Å²) in [6.07, 6.45) is 1.57. The molecule has 10 nitrogen and oxygen atoms in total. The van der Waals surface area contributed by atoms with Gasteiger partial charge in [-0.05, 0) is 43.7 Å². The highest BCUT2D eigenvalue weighted by molar-refractivity contribution is 6.34. The van der Waals surface area contributed by atoms with E-state index in [1.165, 1.54) is 23.1 Å². The van der Waals surface area contributed by atoms with Crippen molar-refractivity contribution in [2.24, 2.45) is 0 Å². The molecular formula is C23H24FN5O5. The highest BCUT2D eigenvalue weighted by Gasteiger charge is 2.36. The van der Waals surface area contributed by atoms with Gasteiger partial charge >= 0.3 is 0 Å². The Morgan fingerprint density at radius 2 is 2.03 bits per heavy atom. The number of halogens is 1. The van der Waals surface area contributed by atoms with Gasteiger partial charge in [-0.2, -0.15) is 0 Å². The van der Waals surface area contributed by atoms with Gasteiger partial charge in [0.2, 0.25) is 5.91 Å². The van der Waals surface area contributed by atoms with Gasteiger partial charge in [-0.25, -0.2) is 9.45 Å². The molecule has 0 unspecified atom stereocenters. The Morgan fingerprint density at radius 3 is 2.74 bits per heavy atom. The molecule has 0 saturated carbocycles. The highest BCUT2D eigenvalue weighted by atomic mass is 19.1. The number of likely N-dealkylation sites (N-methyl/N-ethyl adjacent to an activating group) is 1. The van der Waals surface area contributed by atoms with Crippen LogP contribution < -0.4 is 10.6 Å². The third-order valence-electron chi connectivity index (χ3n) is 5.78. The smallest absolute Gasteiger partial charge is 0.271 e. The second-order valence-corrected chi connectivity index (χ2v) is 8.35. The predicted molar refractivity (Wildman–Crippen MR) is 121 cm³/mol. The number of aromatic amines is 1. The molecule has 0 radical (unpaired) electrons. The number of hydrogen-bond acceptors (Lipinski definition) is 5. The van der Waals surface area contributed by atoms with Crippen LogP contribution in [-0.4, -0.2) is 71.9 Å². The molecule has 3 N–H and O–H groups in total. The van der Waals surface area contributed by atoms with Crippen molar-refractivity contribution < 1.29 is 28.4 Å². The molecule has 178 valence electrons. The van der Waals surface area contributed by atoms with E-state index in [0.717, 1.165) is 5.06 Å². The quantitative estimate of drug-likeness (QED) is 0.569. The van der Waals surface area contributed by atoms with Gasteiger partial charge in [0.25, 0.3) is 17.7 Å². The SMILES string of the molecule is Cc1[nH]c(/C=C2\C(=O)Nc3ccc(F)cc32)c(C)c1C(=O)N[C@@H]1CON(CC(=O)N(C)C)C1=O. The maximum atomic E-state index is 13.7. The summed E-state index contributed by atoms with van der Waals surface area (Å²) in [6.45, 7) is 3.07. The van der Waals surface area contributed by atoms with E-state index >= 15 is 0 Å². The summed E-state index contributed by atoms with van der Waals surface area (Å²) in [5, 5.41) is 6.27. The second-order valence-electron chi connectivity index (χ2n) is 8.35.